The quantitative estimate of drug-likeness (QED) is 0.627. The van der Waals surface area contributed by atoms with Crippen molar-refractivity contribution in [1.82, 2.24) is 0 Å². The van der Waals surface area contributed by atoms with Crippen LogP contribution >= 0.6 is 0 Å². The number of hydrogen-bond acceptors (Lipinski definition) is 2. The van der Waals surface area contributed by atoms with E-state index < -0.39 is 5.66 Å². The van der Waals surface area contributed by atoms with Crippen LogP contribution < -0.4 is 10.7 Å². The predicted octanol–water partition coefficient (Wildman–Crippen LogP) is 0.476. The average molecular weight is 175 g/mol. The van der Waals surface area contributed by atoms with Crippen LogP contribution in [0.25, 0.3) is 0 Å². The van der Waals surface area contributed by atoms with E-state index in [4.69, 9.17) is 0 Å². The zero-order chi connectivity index (χ0) is 9.31. The highest BCUT2D eigenvalue weighted by atomic mass is 16.3. The van der Waals surface area contributed by atoms with E-state index in [0.717, 1.165) is 10.7 Å². The number of benzene rings is 1. The maximum atomic E-state index is 11.0. The summed E-state index contributed by atoms with van der Waals surface area (Å²) >= 11 is 0. The highest BCUT2D eigenvalue weighted by molar-refractivity contribution is 5.07. The minimum atomic E-state index is -0.719. The molecular weight excluding hydrogens is 164 g/mol. The molecule has 0 saturated carbocycles. The molecule has 0 N–H and O–H groups in total. The molecule has 1 aliphatic rings. The maximum Gasteiger partial charge on any atom is 0.177 e. The summed E-state index contributed by atoms with van der Waals surface area (Å²) in [5.74, 6) is 0. The molecule has 67 valence electrons. The molecule has 3 nitrogen and oxygen atoms in total. The summed E-state index contributed by atoms with van der Waals surface area (Å²) in [7, 11) is 0. The Morgan fingerprint density at radius 1 is 1.23 bits per heavy atom. The van der Waals surface area contributed by atoms with Crippen LogP contribution in [0.2, 0.25) is 0 Å². The SMILES string of the molecule is CCC1(C[O])N=c2ccccc2=N1. The first-order chi connectivity index (χ1) is 6.29. The highest BCUT2D eigenvalue weighted by Crippen LogP contribution is 2.17. The summed E-state index contributed by atoms with van der Waals surface area (Å²) in [6, 6.07) is 7.61. The van der Waals surface area contributed by atoms with E-state index in [1.165, 1.54) is 0 Å². The van der Waals surface area contributed by atoms with Gasteiger partial charge in [-0.2, -0.15) is 0 Å². The van der Waals surface area contributed by atoms with Gasteiger partial charge in [0.25, 0.3) is 0 Å². The van der Waals surface area contributed by atoms with Gasteiger partial charge in [-0.05, 0) is 18.6 Å². The van der Waals surface area contributed by atoms with E-state index >= 15 is 0 Å². The molecule has 0 amide bonds. The molecule has 0 saturated heterocycles. The lowest BCUT2D eigenvalue weighted by Crippen LogP contribution is -2.25. The number of rotatable bonds is 2. The minimum Gasteiger partial charge on any atom is -0.251 e. The van der Waals surface area contributed by atoms with Crippen molar-refractivity contribution in [2.24, 2.45) is 9.98 Å². The van der Waals surface area contributed by atoms with E-state index in [-0.39, 0.29) is 6.61 Å². The van der Waals surface area contributed by atoms with Crippen LogP contribution in [0.3, 0.4) is 0 Å². The van der Waals surface area contributed by atoms with E-state index in [2.05, 4.69) is 9.98 Å². The Labute approximate surface area is 76.5 Å². The number of hydrogen-bond donors (Lipinski definition) is 0. The lowest BCUT2D eigenvalue weighted by atomic mass is 10.1. The first-order valence-electron chi connectivity index (χ1n) is 4.42. The highest BCUT2D eigenvalue weighted by Gasteiger charge is 2.28. The molecule has 2 rings (SSSR count). The molecule has 0 bridgehead atoms. The van der Waals surface area contributed by atoms with E-state index in [0.29, 0.717) is 6.42 Å². The normalized spacial score (nSPS) is 17.4. The lowest BCUT2D eigenvalue weighted by molar-refractivity contribution is 0.124. The largest absolute Gasteiger partial charge is 0.251 e. The first-order valence-corrected chi connectivity index (χ1v) is 4.42. The molecule has 1 aromatic carbocycles. The Morgan fingerprint density at radius 2 is 1.77 bits per heavy atom. The van der Waals surface area contributed by atoms with Gasteiger partial charge in [-0.3, -0.25) is 9.98 Å². The van der Waals surface area contributed by atoms with E-state index in [1.54, 1.807) is 0 Å². The molecule has 1 radical (unpaired) electrons. The Hall–Kier alpha value is -1.22. The van der Waals surface area contributed by atoms with Crippen LogP contribution in [0.1, 0.15) is 13.3 Å². The summed E-state index contributed by atoms with van der Waals surface area (Å²) in [6.45, 7) is 1.68. The van der Waals surface area contributed by atoms with E-state index in [9.17, 15) is 5.11 Å². The summed E-state index contributed by atoms with van der Waals surface area (Å²) in [6.07, 6.45) is 0.672. The molecule has 3 heteroatoms. The molecule has 1 aliphatic heterocycles. The minimum absolute atomic E-state index is 0.266. The van der Waals surface area contributed by atoms with Crippen LogP contribution in [0, 0.1) is 0 Å². The van der Waals surface area contributed by atoms with Gasteiger partial charge in [0.15, 0.2) is 5.66 Å². The molecule has 13 heavy (non-hydrogen) atoms. The summed E-state index contributed by atoms with van der Waals surface area (Å²) < 4.78 is 0. The summed E-state index contributed by atoms with van der Waals surface area (Å²) in [5, 5.41) is 12.7. The fraction of sp³-hybridized carbons (Fsp3) is 0.400. The summed E-state index contributed by atoms with van der Waals surface area (Å²) in [4.78, 5) is 8.68. The van der Waals surface area contributed by atoms with Gasteiger partial charge < -0.3 is 0 Å². The molecule has 0 aliphatic carbocycles. The van der Waals surface area contributed by atoms with Crippen LogP contribution in [0.4, 0.5) is 0 Å². The Kier molecular flexibility index (Phi) is 1.88. The molecule has 0 spiro atoms. The van der Waals surface area contributed by atoms with Gasteiger partial charge in [0, 0.05) is 0 Å². The lowest BCUT2D eigenvalue weighted by Gasteiger charge is -2.15. The number of nitrogens with zero attached hydrogens (tertiary/aromatic N) is 2. The zero-order valence-corrected chi connectivity index (χ0v) is 7.53. The number of fused-ring (bicyclic) bond motifs is 1. The molecule has 0 atom stereocenters. The van der Waals surface area contributed by atoms with Crippen LogP contribution in [0.15, 0.2) is 34.3 Å². The second-order valence-electron chi connectivity index (χ2n) is 3.19. The van der Waals surface area contributed by atoms with Crippen molar-refractivity contribution < 1.29 is 5.11 Å². The average Bonchev–Trinajstić information content (AvgIpc) is 2.57. The fourth-order valence-electron chi connectivity index (χ4n) is 1.45. The third-order valence-electron chi connectivity index (χ3n) is 2.34. The van der Waals surface area contributed by atoms with Crippen LogP contribution in [-0.2, 0) is 5.11 Å². The molecule has 0 fully saturated rings. The third-order valence-corrected chi connectivity index (χ3v) is 2.34. The standard InChI is InChI=1S/C10H11N2O/c1-2-10(7-13)11-8-5-3-4-6-9(8)12-10/h3-6H,2,7H2,1H3. The smallest absolute Gasteiger partial charge is 0.177 e. The second kappa shape index (κ2) is 2.92. The van der Waals surface area contributed by atoms with Crippen LogP contribution in [-0.4, -0.2) is 12.3 Å². The van der Waals surface area contributed by atoms with Crippen LogP contribution in [0.5, 0.6) is 0 Å². The van der Waals surface area contributed by atoms with Gasteiger partial charge in [0.1, 0.15) is 6.61 Å². The molecular formula is C10H11N2O. The van der Waals surface area contributed by atoms with Gasteiger partial charge in [-0.15, -0.1) is 0 Å². The number of para-hydroxylation sites is 2. The van der Waals surface area contributed by atoms with E-state index in [1.807, 2.05) is 31.2 Å². The van der Waals surface area contributed by atoms with Crippen molar-refractivity contribution in [2.75, 3.05) is 6.61 Å². The van der Waals surface area contributed by atoms with Crippen molar-refractivity contribution in [3.8, 4) is 0 Å². The fourth-order valence-corrected chi connectivity index (χ4v) is 1.45. The van der Waals surface area contributed by atoms with Gasteiger partial charge >= 0.3 is 0 Å². The Bertz CT molecular complexity index is 384. The van der Waals surface area contributed by atoms with Gasteiger partial charge in [0.05, 0.1) is 10.7 Å². The predicted molar refractivity (Wildman–Crippen MR) is 47.3 cm³/mol. The monoisotopic (exact) mass is 175 g/mol. The van der Waals surface area contributed by atoms with Crippen molar-refractivity contribution in [3.05, 3.63) is 35.0 Å². The molecule has 1 heterocycles. The van der Waals surface area contributed by atoms with Gasteiger partial charge in [-0.25, -0.2) is 5.11 Å². The van der Waals surface area contributed by atoms with Crippen molar-refractivity contribution in [1.29, 1.82) is 0 Å². The van der Waals surface area contributed by atoms with Gasteiger partial charge in [0.2, 0.25) is 0 Å². The van der Waals surface area contributed by atoms with Crippen molar-refractivity contribution in [2.45, 2.75) is 19.0 Å². The van der Waals surface area contributed by atoms with Gasteiger partial charge in [-0.1, -0.05) is 19.1 Å². The molecule has 0 unspecified atom stereocenters. The molecule has 1 aromatic rings. The second-order valence-corrected chi connectivity index (χ2v) is 3.19. The molecule has 0 aromatic heterocycles. The Balaban J connectivity index is 2.62. The third kappa shape index (κ3) is 1.25. The first kappa shape index (κ1) is 8.38. The maximum absolute atomic E-state index is 11.0. The van der Waals surface area contributed by atoms with Crippen molar-refractivity contribution >= 4 is 0 Å². The zero-order valence-electron chi connectivity index (χ0n) is 7.53. The topological polar surface area (TPSA) is 44.6 Å². The summed E-state index contributed by atoms with van der Waals surface area (Å²) in [5.41, 5.74) is -0.719. The Morgan fingerprint density at radius 3 is 2.15 bits per heavy atom. The van der Waals surface area contributed by atoms with Crippen molar-refractivity contribution in [3.63, 3.8) is 0 Å².